The summed E-state index contributed by atoms with van der Waals surface area (Å²) in [6.45, 7) is 15.3. The number of hydrogen-bond donors (Lipinski definition) is 4. The van der Waals surface area contributed by atoms with Crippen molar-refractivity contribution in [1.29, 1.82) is 0 Å². The monoisotopic (exact) mass is 851 g/mol. The molecule has 0 saturated carbocycles. The molecule has 8 atom stereocenters. The van der Waals surface area contributed by atoms with Gasteiger partial charge < -0.3 is 45.1 Å². The van der Waals surface area contributed by atoms with Gasteiger partial charge in [0.1, 0.15) is 35.9 Å². The SMILES string of the molecule is CC[C@@H]1OC(=O)C[C@H](O)[C@@H](C(C)C)NC(=O)[C@@H](NC(=O)OC(C)(C)C)[C@@H](C)OC(=O)[C@H](Cc2ccc3ccccc3c2)N(C)C(=O)[C@@H]2CCCN2C(=O)[C@H](CC(C)C)NC1=O. The summed E-state index contributed by atoms with van der Waals surface area (Å²) in [6, 6.07) is 7.36. The van der Waals surface area contributed by atoms with Gasteiger partial charge in [-0.2, -0.15) is 0 Å². The predicted molar refractivity (Wildman–Crippen MR) is 227 cm³/mol. The Hall–Kier alpha value is -5.25. The number of carbonyl (C=O) groups is 7. The first-order chi connectivity index (χ1) is 28.6. The molecule has 2 fully saturated rings. The zero-order valence-electron chi connectivity index (χ0n) is 37.2. The second-order valence-corrected chi connectivity index (χ2v) is 17.9. The smallest absolute Gasteiger partial charge is 0.408 e. The number of benzene rings is 2. The first-order valence-corrected chi connectivity index (χ1v) is 21.3. The summed E-state index contributed by atoms with van der Waals surface area (Å²) in [5.41, 5.74) is -0.260. The second kappa shape index (κ2) is 21.0. The maximum Gasteiger partial charge on any atom is 0.408 e. The number of rotatable bonds is 7. The van der Waals surface area contributed by atoms with Gasteiger partial charge in [0.25, 0.3) is 5.91 Å². The predicted octanol–water partition coefficient (Wildman–Crippen LogP) is 3.78. The molecule has 5 amide bonds. The maximum absolute atomic E-state index is 14.6. The van der Waals surface area contributed by atoms with Gasteiger partial charge in [-0.15, -0.1) is 0 Å². The first kappa shape index (κ1) is 48.4. The van der Waals surface area contributed by atoms with E-state index in [1.165, 1.54) is 23.8 Å². The van der Waals surface area contributed by atoms with E-state index in [-0.39, 0.29) is 31.7 Å². The van der Waals surface area contributed by atoms with Crippen LogP contribution in [0.2, 0.25) is 0 Å². The molecule has 16 heteroatoms. The van der Waals surface area contributed by atoms with Crippen LogP contribution in [0.25, 0.3) is 10.8 Å². The number of aliphatic hydroxyl groups is 1. The first-order valence-electron chi connectivity index (χ1n) is 21.3. The van der Waals surface area contributed by atoms with Crippen LogP contribution >= 0.6 is 0 Å². The number of aliphatic hydroxyl groups excluding tert-OH is 1. The van der Waals surface area contributed by atoms with Gasteiger partial charge in [0.05, 0.1) is 18.6 Å². The lowest BCUT2D eigenvalue weighted by molar-refractivity contribution is -0.161. The number of esters is 2. The summed E-state index contributed by atoms with van der Waals surface area (Å²) in [7, 11) is 1.46. The number of cyclic esters (lactones) is 2. The Bertz CT molecular complexity index is 1910. The van der Waals surface area contributed by atoms with E-state index in [4.69, 9.17) is 14.2 Å². The van der Waals surface area contributed by atoms with Crippen molar-refractivity contribution in [2.75, 3.05) is 13.6 Å². The van der Waals surface area contributed by atoms with Gasteiger partial charge in [-0.1, -0.05) is 77.1 Å². The Kier molecular flexibility index (Phi) is 16.7. The quantitative estimate of drug-likeness (QED) is 0.233. The molecule has 4 N–H and O–H groups in total. The van der Waals surface area contributed by atoms with Gasteiger partial charge in [0, 0.05) is 20.0 Å². The normalized spacial score (nSPS) is 26.9. The lowest BCUT2D eigenvalue weighted by atomic mass is 9.95. The number of amides is 5. The van der Waals surface area contributed by atoms with E-state index < -0.39 is 108 Å². The molecule has 2 aliphatic heterocycles. The summed E-state index contributed by atoms with van der Waals surface area (Å²) in [5.74, 6) is -4.94. The molecule has 4 rings (SSSR count). The molecule has 61 heavy (non-hydrogen) atoms. The highest BCUT2D eigenvalue weighted by atomic mass is 16.6. The molecule has 0 bridgehead atoms. The van der Waals surface area contributed by atoms with Crippen LogP contribution in [0.15, 0.2) is 42.5 Å². The van der Waals surface area contributed by atoms with Gasteiger partial charge in [-0.3, -0.25) is 24.0 Å². The molecule has 2 saturated heterocycles. The Balaban J connectivity index is 1.82. The lowest BCUT2D eigenvalue weighted by Gasteiger charge is -2.35. The van der Waals surface area contributed by atoms with Gasteiger partial charge in [-0.05, 0) is 81.5 Å². The highest BCUT2D eigenvalue weighted by molar-refractivity contribution is 5.95. The van der Waals surface area contributed by atoms with Crippen LogP contribution in [-0.4, -0.2) is 124 Å². The average molecular weight is 852 g/mol. The van der Waals surface area contributed by atoms with Crippen LogP contribution in [0.1, 0.15) is 100.0 Å². The molecule has 16 nitrogen and oxygen atoms in total. The fraction of sp³-hybridized carbons (Fsp3) is 0.622. The Morgan fingerprint density at radius 2 is 1.62 bits per heavy atom. The molecule has 2 aromatic carbocycles. The molecular weight excluding hydrogens is 787 g/mol. The highest BCUT2D eigenvalue weighted by Crippen LogP contribution is 2.25. The third-order valence-electron chi connectivity index (χ3n) is 11.0. The number of alkyl carbamates (subject to hydrolysis) is 1. The van der Waals surface area contributed by atoms with Gasteiger partial charge in [0.15, 0.2) is 6.10 Å². The van der Waals surface area contributed by atoms with Gasteiger partial charge >= 0.3 is 18.0 Å². The lowest BCUT2D eigenvalue weighted by Crippen LogP contribution is -2.59. The average Bonchev–Trinajstić information content (AvgIpc) is 3.67. The Morgan fingerprint density at radius 3 is 2.25 bits per heavy atom. The molecule has 336 valence electrons. The Morgan fingerprint density at radius 1 is 0.951 bits per heavy atom. The zero-order chi connectivity index (χ0) is 45.3. The molecule has 2 aliphatic rings. The van der Waals surface area contributed by atoms with E-state index in [9.17, 15) is 38.7 Å². The van der Waals surface area contributed by atoms with Crippen LogP contribution in [0.3, 0.4) is 0 Å². The van der Waals surface area contributed by atoms with Crippen LogP contribution in [-0.2, 0) is 49.4 Å². The van der Waals surface area contributed by atoms with Crippen LogP contribution < -0.4 is 16.0 Å². The fourth-order valence-electron chi connectivity index (χ4n) is 7.75. The molecular formula is C45H65N5O11. The Labute approximate surface area is 358 Å². The minimum atomic E-state index is -1.58. The fourth-order valence-corrected chi connectivity index (χ4v) is 7.75. The van der Waals surface area contributed by atoms with E-state index in [1.54, 1.807) is 41.5 Å². The molecule has 0 aliphatic carbocycles. The number of ether oxygens (including phenoxy) is 3. The van der Waals surface area contributed by atoms with Crippen LogP contribution in [0.4, 0.5) is 4.79 Å². The second-order valence-electron chi connectivity index (χ2n) is 17.9. The van der Waals surface area contributed by atoms with Gasteiger partial charge in [-0.25, -0.2) is 9.59 Å². The molecule has 0 spiro atoms. The summed E-state index contributed by atoms with van der Waals surface area (Å²) < 4.78 is 17.0. The van der Waals surface area contributed by atoms with E-state index in [0.29, 0.717) is 18.4 Å². The number of carbonyl (C=O) groups excluding carboxylic acids is 7. The van der Waals surface area contributed by atoms with Crippen molar-refractivity contribution >= 4 is 52.4 Å². The minimum Gasteiger partial charge on any atom is -0.458 e. The largest absolute Gasteiger partial charge is 0.458 e. The molecule has 0 radical (unpaired) electrons. The van der Waals surface area contributed by atoms with Crippen molar-refractivity contribution in [3.8, 4) is 0 Å². The zero-order valence-corrected chi connectivity index (χ0v) is 37.2. The topological polar surface area (TPSA) is 210 Å². The number of nitrogens with one attached hydrogen (secondary N) is 3. The summed E-state index contributed by atoms with van der Waals surface area (Å²) in [4.78, 5) is 100. The van der Waals surface area contributed by atoms with Crippen LogP contribution in [0.5, 0.6) is 0 Å². The van der Waals surface area contributed by atoms with Crippen molar-refractivity contribution in [3.63, 3.8) is 0 Å². The number of fused-ring (bicyclic) bond motifs is 2. The number of hydrogen-bond acceptors (Lipinski definition) is 11. The minimum absolute atomic E-state index is 0.00423. The summed E-state index contributed by atoms with van der Waals surface area (Å²) >= 11 is 0. The molecule has 0 aromatic heterocycles. The van der Waals surface area contributed by atoms with E-state index >= 15 is 0 Å². The van der Waals surface area contributed by atoms with Crippen molar-refractivity contribution < 1.29 is 52.9 Å². The third-order valence-corrected chi connectivity index (χ3v) is 11.0. The van der Waals surface area contributed by atoms with Crippen molar-refractivity contribution in [2.24, 2.45) is 11.8 Å². The van der Waals surface area contributed by atoms with Gasteiger partial charge in [0.2, 0.25) is 17.7 Å². The van der Waals surface area contributed by atoms with Crippen molar-refractivity contribution in [1.82, 2.24) is 25.8 Å². The standard InChI is InChI=1S/C45H65N5O11/c1-11-35-39(53)46-31(21-25(2)3)41(55)50-20-14-17-32(50)42(56)49(10)33(23-28-18-19-29-15-12-13-16-30(29)22-28)43(57)59-27(6)38(48-44(58)61-45(7,8)9)40(54)47-37(26(4)5)34(51)24-36(52)60-35/h12-13,15-16,18-19,22,25-27,31-35,37-38,51H,11,14,17,20-21,23-24H2,1-10H3,(H,46,53)(H,47,54)(H,48,58)/t27-,31+,32+,33+,34+,35+,37-,38+/m1/s1. The van der Waals surface area contributed by atoms with E-state index in [2.05, 4.69) is 16.0 Å². The summed E-state index contributed by atoms with van der Waals surface area (Å²) in [5, 5.41) is 21.2. The number of nitrogens with zero attached hydrogens (tertiary/aromatic N) is 2. The maximum atomic E-state index is 14.6. The molecule has 0 unspecified atom stereocenters. The van der Waals surface area contributed by atoms with Crippen LogP contribution in [0, 0.1) is 11.8 Å². The molecule has 2 aromatic rings. The third kappa shape index (κ3) is 13.1. The highest BCUT2D eigenvalue weighted by Gasteiger charge is 2.43. The number of likely N-dealkylation sites (N-methyl/N-ethyl adjacent to an activating group) is 1. The van der Waals surface area contributed by atoms with E-state index in [0.717, 1.165) is 10.8 Å². The van der Waals surface area contributed by atoms with Crippen molar-refractivity contribution in [3.05, 3.63) is 48.0 Å². The van der Waals surface area contributed by atoms with E-state index in [1.807, 2.05) is 56.3 Å². The molecule has 2 heterocycles. The summed E-state index contributed by atoms with van der Waals surface area (Å²) in [6.07, 6.45) is -4.74. The van der Waals surface area contributed by atoms with Crippen molar-refractivity contribution in [2.45, 2.75) is 155 Å².